The Morgan fingerprint density at radius 1 is 0.727 bits per heavy atom. The van der Waals surface area contributed by atoms with Crippen LogP contribution >= 0.6 is 0 Å². The van der Waals surface area contributed by atoms with Gasteiger partial charge in [0.05, 0.1) is 11.1 Å². The van der Waals surface area contributed by atoms with Gasteiger partial charge < -0.3 is 48.0 Å². The minimum absolute atomic E-state index is 0. The van der Waals surface area contributed by atoms with Crippen molar-refractivity contribution in [1.29, 1.82) is 0 Å². The minimum Gasteiger partial charge on any atom is -1.00 e. The van der Waals surface area contributed by atoms with Crippen molar-refractivity contribution in [3.63, 3.8) is 0 Å². The first-order valence-corrected chi connectivity index (χ1v) is 6.07. The Kier molecular flexibility index (Phi) is 9.09. The highest BCUT2D eigenvalue weighted by atomic mass is 127. The number of aryl methyl sites for hydroxylation is 2. The van der Waals surface area contributed by atoms with Gasteiger partial charge in [-0.05, 0) is 0 Å². The van der Waals surface area contributed by atoms with Crippen LogP contribution in [0.15, 0.2) is 49.1 Å². The lowest BCUT2D eigenvalue weighted by Gasteiger charge is -2.06. The van der Waals surface area contributed by atoms with Crippen molar-refractivity contribution in [2.24, 2.45) is 14.1 Å². The molecule has 2 aromatic heterocycles. The van der Waals surface area contributed by atoms with E-state index in [2.05, 4.69) is 10.9 Å². The van der Waals surface area contributed by atoms with E-state index in [0.717, 1.165) is 0 Å². The van der Waals surface area contributed by atoms with E-state index in [4.69, 9.17) is 0 Å². The van der Waals surface area contributed by atoms with E-state index >= 15 is 0 Å². The molecule has 0 aromatic carbocycles. The Morgan fingerprint density at radius 3 is 1.27 bits per heavy atom. The number of rotatable bonds is 2. The van der Waals surface area contributed by atoms with Crippen LogP contribution in [0, 0.1) is 0 Å². The van der Waals surface area contributed by atoms with Crippen molar-refractivity contribution >= 4 is 11.8 Å². The van der Waals surface area contributed by atoms with Crippen molar-refractivity contribution in [1.82, 2.24) is 10.9 Å². The molecule has 0 spiro atoms. The Morgan fingerprint density at radius 2 is 1.00 bits per heavy atom. The number of hydrazine groups is 1. The molecule has 6 nitrogen and oxygen atoms in total. The van der Waals surface area contributed by atoms with Crippen molar-refractivity contribution in [2.75, 3.05) is 0 Å². The SMILES string of the molecule is C[n+]1ccc(C(=O)NNC(=O)c2cc[n+](C)cc2)cc1.[I-].[I-]. The van der Waals surface area contributed by atoms with E-state index in [-0.39, 0.29) is 59.8 Å². The molecule has 2 heterocycles. The van der Waals surface area contributed by atoms with Gasteiger partial charge in [-0.2, -0.15) is 0 Å². The maximum absolute atomic E-state index is 11.8. The van der Waals surface area contributed by atoms with Gasteiger partial charge in [0.15, 0.2) is 24.8 Å². The molecule has 8 heteroatoms. The molecule has 0 aliphatic heterocycles. The summed E-state index contributed by atoms with van der Waals surface area (Å²) in [5.74, 6) is -0.721. The number of carbonyl (C=O) groups is 2. The highest BCUT2D eigenvalue weighted by Gasteiger charge is 2.10. The highest BCUT2D eigenvalue weighted by molar-refractivity contribution is 5.98. The summed E-state index contributed by atoms with van der Waals surface area (Å²) < 4.78 is 3.64. The van der Waals surface area contributed by atoms with E-state index in [9.17, 15) is 9.59 Å². The molecule has 0 saturated heterocycles. The molecule has 0 unspecified atom stereocenters. The fraction of sp³-hybridized carbons (Fsp3) is 0.143. The van der Waals surface area contributed by atoms with Crippen molar-refractivity contribution in [3.8, 4) is 0 Å². The number of carbonyl (C=O) groups excluding carboxylic acids is 2. The van der Waals surface area contributed by atoms with Crippen molar-refractivity contribution in [3.05, 3.63) is 60.2 Å². The van der Waals surface area contributed by atoms with E-state index in [0.29, 0.717) is 11.1 Å². The van der Waals surface area contributed by atoms with Crippen LogP contribution in [-0.2, 0) is 14.1 Å². The van der Waals surface area contributed by atoms with Crippen LogP contribution in [0.5, 0.6) is 0 Å². The number of halogens is 2. The van der Waals surface area contributed by atoms with E-state index in [1.807, 2.05) is 23.2 Å². The first-order chi connectivity index (χ1) is 9.56. The smallest absolute Gasteiger partial charge is 0.270 e. The average Bonchev–Trinajstić information content (AvgIpc) is 2.46. The summed E-state index contributed by atoms with van der Waals surface area (Å²) in [6, 6.07) is 6.68. The maximum atomic E-state index is 11.8. The second-order valence-corrected chi connectivity index (χ2v) is 4.41. The monoisotopic (exact) mass is 526 g/mol. The molecule has 0 aliphatic carbocycles. The number of hydrogen-bond donors (Lipinski definition) is 2. The Labute approximate surface area is 162 Å². The van der Waals surface area contributed by atoms with Crippen molar-refractivity contribution < 1.29 is 66.7 Å². The van der Waals surface area contributed by atoms with Crippen LogP contribution in [0.4, 0.5) is 0 Å². The third-order valence-corrected chi connectivity index (χ3v) is 2.77. The molecule has 2 aromatic rings. The fourth-order valence-corrected chi connectivity index (χ4v) is 1.56. The largest absolute Gasteiger partial charge is 1.00 e. The molecular weight excluding hydrogens is 510 g/mol. The fourth-order valence-electron chi connectivity index (χ4n) is 1.56. The molecule has 0 fully saturated rings. The lowest BCUT2D eigenvalue weighted by molar-refractivity contribution is -0.671. The van der Waals surface area contributed by atoms with Gasteiger partial charge in [0.2, 0.25) is 0 Å². The van der Waals surface area contributed by atoms with Crippen molar-refractivity contribution in [2.45, 2.75) is 0 Å². The number of pyridine rings is 2. The van der Waals surface area contributed by atoms with Gasteiger partial charge in [-0.3, -0.25) is 20.4 Å². The standard InChI is InChI=1S/C14H14N4O2.2HI/c1-17-7-3-11(4-8-17)13(19)15-16-14(20)12-5-9-18(2)10-6-12;;/h3-10H,1-2H3;2*1H. The second kappa shape index (κ2) is 9.66. The number of aromatic nitrogens is 2. The molecule has 118 valence electrons. The van der Waals surface area contributed by atoms with Gasteiger partial charge in [-0.1, -0.05) is 0 Å². The summed E-state index contributed by atoms with van der Waals surface area (Å²) in [6.07, 6.45) is 7.03. The Balaban J connectivity index is 0.00000220. The first-order valence-electron chi connectivity index (χ1n) is 6.07. The Hall–Kier alpha value is -1.30. The predicted molar refractivity (Wildman–Crippen MR) is 70.2 cm³/mol. The van der Waals surface area contributed by atoms with Gasteiger partial charge >= 0.3 is 0 Å². The lowest BCUT2D eigenvalue weighted by Crippen LogP contribution is -3.00. The van der Waals surface area contributed by atoms with Crippen LogP contribution < -0.4 is 67.9 Å². The van der Waals surface area contributed by atoms with Gasteiger partial charge in [-0.15, -0.1) is 0 Å². The predicted octanol–water partition coefficient (Wildman–Crippen LogP) is -6.58. The quantitative estimate of drug-likeness (QED) is 0.233. The summed E-state index contributed by atoms with van der Waals surface area (Å²) in [5, 5.41) is 0. The number of nitrogens with zero attached hydrogens (tertiary/aromatic N) is 2. The van der Waals surface area contributed by atoms with E-state index < -0.39 is 0 Å². The van der Waals surface area contributed by atoms with Crippen LogP contribution in [0.1, 0.15) is 20.7 Å². The molecule has 0 atom stereocenters. The van der Waals surface area contributed by atoms with Crippen LogP contribution in [0.25, 0.3) is 0 Å². The molecule has 0 bridgehead atoms. The topological polar surface area (TPSA) is 66.0 Å². The molecule has 22 heavy (non-hydrogen) atoms. The molecular formula is C14H16I2N4O2. The minimum atomic E-state index is -0.361. The van der Waals surface area contributed by atoms with Gasteiger partial charge in [0, 0.05) is 24.3 Å². The van der Waals surface area contributed by atoms with Crippen LogP contribution in [-0.4, -0.2) is 11.8 Å². The van der Waals surface area contributed by atoms with Gasteiger partial charge in [0.1, 0.15) is 14.1 Å². The first kappa shape index (κ1) is 20.7. The van der Waals surface area contributed by atoms with Gasteiger partial charge in [0.25, 0.3) is 11.8 Å². The third kappa shape index (κ3) is 5.83. The molecule has 2 amide bonds. The average molecular weight is 526 g/mol. The zero-order chi connectivity index (χ0) is 14.5. The maximum Gasteiger partial charge on any atom is 0.270 e. The lowest BCUT2D eigenvalue weighted by atomic mass is 10.2. The molecule has 0 radical (unpaired) electrons. The number of amides is 2. The number of nitrogens with one attached hydrogen (secondary N) is 2. The normalized spacial score (nSPS) is 9.00. The third-order valence-electron chi connectivity index (χ3n) is 2.77. The van der Waals surface area contributed by atoms with E-state index in [1.165, 1.54) is 0 Å². The Bertz CT molecular complexity index is 573. The van der Waals surface area contributed by atoms with Crippen LogP contribution in [0.3, 0.4) is 0 Å². The molecule has 0 saturated carbocycles. The van der Waals surface area contributed by atoms with Gasteiger partial charge in [-0.25, -0.2) is 9.13 Å². The second-order valence-electron chi connectivity index (χ2n) is 4.41. The molecule has 0 aliphatic rings. The molecule has 2 rings (SSSR count). The highest BCUT2D eigenvalue weighted by Crippen LogP contribution is 1.95. The number of hydrogen-bond acceptors (Lipinski definition) is 2. The summed E-state index contributed by atoms with van der Waals surface area (Å²) in [7, 11) is 3.72. The molecule has 2 N–H and O–H groups in total. The van der Waals surface area contributed by atoms with Crippen LogP contribution in [0.2, 0.25) is 0 Å². The summed E-state index contributed by atoms with van der Waals surface area (Å²) in [4.78, 5) is 23.6. The summed E-state index contributed by atoms with van der Waals surface area (Å²) in [5.41, 5.74) is 5.70. The van der Waals surface area contributed by atoms with E-state index in [1.54, 1.807) is 49.1 Å². The zero-order valence-electron chi connectivity index (χ0n) is 12.1. The summed E-state index contributed by atoms with van der Waals surface area (Å²) in [6.45, 7) is 0. The summed E-state index contributed by atoms with van der Waals surface area (Å²) >= 11 is 0. The zero-order valence-corrected chi connectivity index (χ0v) is 16.4.